The maximum absolute atomic E-state index is 10.8. The van der Waals surface area contributed by atoms with Crippen molar-refractivity contribution < 1.29 is 19.2 Å². The Kier molecular flexibility index (Phi) is 4.75. The van der Waals surface area contributed by atoms with Gasteiger partial charge in [-0.05, 0) is 17.7 Å². The van der Waals surface area contributed by atoms with Crippen LogP contribution in [-0.2, 0) is 17.8 Å². The topological polar surface area (TPSA) is 57.7 Å². The van der Waals surface area contributed by atoms with E-state index >= 15 is 0 Å². The van der Waals surface area contributed by atoms with E-state index in [2.05, 4.69) is 0 Å². The lowest BCUT2D eigenvalue weighted by Gasteiger charge is -2.18. The molecule has 0 amide bonds. The molecule has 1 unspecified atom stereocenters. The molecule has 1 aromatic carbocycles. The molecule has 1 atom stereocenters. The van der Waals surface area contributed by atoms with Gasteiger partial charge in [0, 0.05) is 6.42 Å². The Morgan fingerprint density at radius 1 is 1.16 bits per heavy atom. The van der Waals surface area contributed by atoms with Gasteiger partial charge in [-0.3, -0.25) is 0 Å². The third-order valence-corrected chi connectivity index (χ3v) is 3.01. The minimum absolute atomic E-state index is 0.00642. The van der Waals surface area contributed by atoms with Crippen molar-refractivity contribution in [1.29, 1.82) is 0 Å². The van der Waals surface area contributed by atoms with Crippen molar-refractivity contribution in [1.82, 2.24) is 0 Å². The number of carboxylic acids is 1. The molecule has 1 heterocycles. The lowest BCUT2D eigenvalue weighted by atomic mass is 10.1. The van der Waals surface area contributed by atoms with Crippen LogP contribution in [0.15, 0.2) is 53.1 Å². The highest BCUT2D eigenvalue weighted by molar-refractivity contribution is 5.65. The minimum atomic E-state index is -1.03. The molecule has 1 N–H and O–H groups in total. The molecule has 0 fully saturated rings. The van der Waals surface area contributed by atoms with E-state index in [-0.39, 0.29) is 6.54 Å². The number of carbonyl (C=O) groups excluding carboxylic acids is 1. The Hall–Kier alpha value is -2.07. The van der Waals surface area contributed by atoms with Crippen LogP contribution in [0.1, 0.15) is 11.3 Å². The van der Waals surface area contributed by atoms with E-state index in [1.54, 1.807) is 6.26 Å². The summed E-state index contributed by atoms with van der Waals surface area (Å²) in [7, 11) is 0. The monoisotopic (exact) mass is 259 g/mol. The van der Waals surface area contributed by atoms with Crippen molar-refractivity contribution >= 4 is 5.97 Å². The van der Waals surface area contributed by atoms with Gasteiger partial charge in [0.15, 0.2) is 5.76 Å². The summed E-state index contributed by atoms with van der Waals surface area (Å²) in [6.07, 6.45) is 2.44. The molecule has 0 aliphatic heterocycles. The van der Waals surface area contributed by atoms with Crippen LogP contribution >= 0.6 is 0 Å². The predicted octanol–water partition coefficient (Wildman–Crippen LogP) is -0.343. The van der Waals surface area contributed by atoms with Crippen molar-refractivity contribution in [2.75, 3.05) is 13.1 Å². The van der Waals surface area contributed by atoms with E-state index in [0.29, 0.717) is 6.54 Å². The Balaban J connectivity index is 1.92. The lowest BCUT2D eigenvalue weighted by molar-refractivity contribution is -0.909. The number of aliphatic carboxylic acids is 1. The van der Waals surface area contributed by atoms with Gasteiger partial charge in [-0.2, -0.15) is 0 Å². The van der Waals surface area contributed by atoms with Crippen LogP contribution in [0.4, 0.5) is 0 Å². The lowest BCUT2D eigenvalue weighted by Crippen LogP contribution is -3.12. The van der Waals surface area contributed by atoms with Crippen molar-refractivity contribution in [3.8, 4) is 0 Å². The predicted molar refractivity (Wildman–Crippen MR) is 68.3 cm³/mol. The van der Waals surface area contributed by atoms with E-state index in [9.17, 15) is 9.90 Å². The summed E-state index contributed by atoms with van der Waals surface area (Å²) in [5.74, 6) is -0.237. The highest BCUT2D eigenvalue weighted by atomic mass is 16.4. The van der Waals surface area contributed by atoms with Gasteiger partial charge in [0.2, 0.25) is 0 Å². The Bertz CT molecular complexity index is 493. The molecule has 0 aliphatic carbocycles. The number of benzene rings is 1. The number of carbonyl (C=O) groups is 1. The number of nitrogens with one attached hydrogen (secondary N) is 1. The number of furan rings is 1. The van der Waals surface area contributed by atoms with Crippen LogP contribution in [0.5, 0.6) is 0 Å². The summed E-state index contributed by atoms with van der Waals surface area (Å²) in [6.45, 7) is 1.29. The zero-order valence-electron chi connectivity index (χ0n) is 10.7. The molecule has 0 bridgehead atoms. The smallest absolute Gasteiger partial charge is 0.157 e. The summed E-state index contributed by atoms with van der Waals surface area (Å²) < 4.78 is 5.26. The highest BCUT2D eigenvalue weighted by Gasteiger charge is 2.11. The third kappa shape index (κ3) is 4.60. The van der Waals surface area contributed by atoms with Crippen LogP contribution < -0.4 is 10.0 Å². The quantitative estimate of drug-likeness (QED) is 0.740. The highest BCUT2D eigenvalue weighted by Crippen LogP contribution is 1.99. The molecule has 2 rings (SSSR count). The van der Waals surface area contributed by atoms with Gasteiger partial charge in [-0.25, -0.2) is 0 Å². The molecule has 0 aliphatic rings. The fourth-order valence-corrected chi connectivity index (χ4v) is 2.07. The van der Waals surface area contributed by atoms with Crippen molar-refractivity contribution in [3.05, 3.63) is 60.1 Å². The molecular weight excluding hydrogens is 242 g/mol. The second-order valence-corrected chi connectivity index (χ2v) is 4.54. The van der Waals surface area contributed by atoms with Crippen LogP contribution in [0.3, 0.4) is 0 Å². The molecule has 4 nitrogen and oxygen atoms in total. The molecular formula is C15H17NO3. The van der Waals surface area contributed by atoms with Gasteiger partial charge in [-0.1, -0.05) is 30.3 Å². The third-order valence-electron chi connectivity index (χ3n) is 3.01. The summed E-state index contributed by atoms with van der Waals surface area (Å²) in [4.78, 5) is 11.7. The molecule has 0 spiro atoms. The van der Waals surface area contributed by atoms with Gasteiger partial charge in [0.05, 0.1) is 18.8 Å². The van der Waals surface area contributed by atoms with Gasteiger partial charge < -0.3 is 19.2 Å². The number of carboxylic acid groups (broad SMARTS) is 1. The van der Waals surface area contributed by atoms with Crippen LogP contribution in [0, 0.1) is 0 Å². The molecule has 100 valence electrons. The Labute approximate surface area is 112 Å². The van der Waals surface area contributed by atoms with Gasteiger partial charge in [-0.15, -0.1) is 0 Å². The molecule has 1 aromatic heterocycles. The minimum Gasteiger partial charge on any atom is -0.544 e. The van der Waals surface area contributed by atoms with E-state index in [4.69, 9.17) is 4.42 Å². The first-order valence-electron chi connectivity index (χ1n) is 6.34. The molecule has 0 saturated heterocycles. The van der Waals surface area contributed by atoms with Crippen LogP contribution in [-0.4, -0.2) is 19.1 Å². The molecule has 0 radical (unpaired) electrons. The summed E-state index contributed by atoms with van der Waals surface area (Å²) in [5, 5.41) is 10.8. The molecule has 0 saturated carbocycles. The van der Waals surface area contributed by atoms with Crippen LogP contribution in [0.2, 0.25) is 0 Å². The number of hydrogen-bond donors (Lipinski definition) is 1. The second-order valence-electron chi connectivity index (χ2n) is 4.54. The second kappa shape index (κ2) is 6.75. The standard InChI is InChI=1S/C15H17NO3/c17-15(18)12-16(11-14-7-4-10-19-14)9-8-13-5-2-1-3-6-13/h1-7,10H,8-9,11-12H2,(H,17,18). The van der Waals surface area contributed by atoms with Crippen molar-refractivity contribution in [2.45, 2.75) is 13.0 Å². The van der Waals surface area contributed by atoms with Gasteiger partial charge in [0.1, 0.15) is 13.1 Å². The first kappa shape index (κ1) is 13.4. The van der Waals surface area contributed by atoms with E-state index < -0.39 is 5.97 Å². The van der Waals surface area contributed by atoms with Gasteiger partial charge in [0.25, 0.3) is 0 Å². The molecule has 19 heavy (non-hydrogen) atoms. The van der Waals surface area contributed by atoms with Gasteiger partial charge >= 0.3 is 0 Å². The maximum atomic E-state index is 10.8. The number of rotatable bonds is 7. The van der Waals surface area contributed by atoms with Crippen LogP contribution in [0.25, 0.3) is 0 Å². The van der Waals surface area contributed by atoms with E-state index in [1.807, 2.05) is 42.5 Å². The summed E-state index contributed by atoms with van der Waals surface area (Å²) in [5.41, 5.74) is 1.21. The first-order valence-corrected chi connectivity index (χ1v) is 6.34. The number of hydrogen-bond acceptors (Lipinski definition) is 3. The maximum Gasteiger partial charge on any atom is 0.157 e. The first-order chi connectivity index (χ1) is 9.24. The van der Waals surface area contributed by atoms with E-state index in [0.717, 1.165) is 23.6 Å². The molecule has 4 heteroatoms. The fraction of sp³-hybridized carbons (Fsp3) is 0.267. The average Bonchev–Trinajstić information content (AvgIpc) is 2.89. The van der Waals surface area contributed by atoms with E-state index in [1.165, 1.54) is 5.56 Å². The SMILES string of the molecule is O=C([O-])C[NH+](CCc1ccccc1)Cc1ccco1. The fourth-order valence-electron chi connectivity index (χ4n) is 2.07. The zero-order valence-corrected chi connectivity index (χ0v) is 10.7. The normalized spacial score (nSPS) is 12.2. The summed E-state index contributed by atoms with van der Waals surface area (Å²) in [6, 6.07) is 13.7. The number of quaternary nitrogens is 1. The zero-order chi connectivity index (χ0) is 13.5. The molecule has 2 aromatic rings. The van der Waals surface area contributed by atoms with Crippen molar-refractivity contribution in [3.63, 3.8) is 0 Å². The Morgan fingerprint density at radius 2 is 1.95 bits per heavy atom. The largest absolute Gasteiger partial charge is 0.544 e. The Morgan fingerprint density at radius 3 is 2.58 bits per heavy atom. The van der Waals surface area contributed by atoms with Crippen molar-refractivity contribution in [2.24, 2.45) is 0 Å². The average molecular weight is 259 g/mol. The summed E-state index contributed by atoms with van der Waals surface area (Å²) >= 11 is 0.